The van der Waals surface area contributed by atoms with E-state index in [0.29, 0.717) is 54.8 Å². The maximum absolute atomic E-state index is 13.8. The highest BCUT2D eigenvalue weighted by atomic mass is 19.4. The number of halogens is 7. The summed E-state index contributed by atoms with van der Waals surface area (Å²) in [6.07, 6.45) is -9.48. The molecule has 15 heteroatoms. The summed E-state index contributed by atoms with van der Waals surface area (Å²) in [5, 5.41) is 9.62. The molecule has 2 aromatic rings. The smallest absolute Gasteiger partial charge is 0.416 e. The van der Waals surface area contributed by atoms with Crippen LogP contribution in [0.4, 0.5) is 46.0 Å². The van der Waals surface area contributed by atoms with Crippen LogP contribution in [-0.4, -0.2) is 83.1 Å². The third kappa shape index (κ3) is 7.59. The fourth-order valence-electron chi connectivity index (χ4n) is 6.78. The predicted octanol–water partition coefficient (Wildman–Crippen LogP) is 7.29. The molecule has 2 atom stereocenters. The Bertz CT molecular complexity index is 1440. The van der Waals surface area contributed by atoms with Gasteiger partial charge >= 0.3 is 24.5 Å². The van der Waals surface area contributed by atoms with Crippen molar-refractivity contribution >= 4 is 23.7 Å². The summed E-state index contributed by atoms with van der Waals surface area (Å²) >= 11 is 0. The molecule has 258 valence electrons. The van der Waals surface area contributed by atoms with E-state index in [1.165, 1.54) is 41.1 Å². The number of amides is 4. The monoisotopic (exact) mass is 674 g/mol. The Morgan fingerprint density at radius 2 is 1.45 bits per heavy atom. The third-order valence-electron chi connectivity index (χ3n) is 9.56. The molecule has 0 radical (unpaired) electrons. The number of hydrogen-bond acceptors (Lipinski definition) is 3. The molecule has 1 aliphatic carbocycles. The maximum atomic E-state index is 13.8. The summed E-state index contributed by atoms with van der Waals surface area (Å²) in [7, 11) is 2.42. The van der Waals surface area contributed by atoms with Crippen molar-refractivity contribution in [1.82, 2.24) is 14.7 Å². The molecule has 2 fully saturated rings. The number of carbonyl (C=O) groups is 3. The normalized spacial score (nSPS) is 23.4. The second-order valence-electron chi connectivity index (χ2n) is 12.5. The fraction of sp³-hybridized carbons (Fsp3) is 0.531. The Hall–Kier alpha value is -4.04. The summed E-state index contributed by atoms with van der Waals surface area (Å²) < 4.78 is 94.8. The lowest BCUT2D eigenvalue weighted by Gasteiger charge is -2.44. The first-order valence-electron chi connectivity index (χ1n) is 15.1. The van der Waals surface area contributed by atoms with Gasteiger partial charge in [-0.2, -0.15) is 26.3 Å². The number of likely N-dealkylation sites (N-methyl/N-ethyl adjacent to an activating group) is 1. The van der Waals surface area contributed by atoms with Crippen molar-refractivity contribution in [1.29, 1.82) is 0 Å². The molecule has 1 heterocycles. The number of carbonyl (C=O) groups excluding carboxylic acids is 2. The highest BCUT2D eigenvalue weighted by Gasteiger charge is 2.45. The van der Waals surface area contributed by atoms with E-state index in [4.69, 9.17) is 0 Å². The molecule has 0 bridgehead atoms. The zero-order valence-corrected chi connectivity index (χ0v) is 26.3. The fourth-order valence-corrected chi connectivity index (χ4v) is 6.78. The Morgan fingerprint density at radius 1 is 0.915 bits per heavy atom. The number of hydrogen-bond donors (Lipinski definition) is 1. The van der Waals surface area contributed by atoms with Gasteiger partial charge in [0, 0.05) is 56.8 Å². The van der Waals surface area contributed by atoms with E-state index >= 15 is 0 Å². The minimum atomic E-state index is -5.11. The van der Waals surface area contributed by atoms with Crippen LogP contribution in [0.25, 0.3) is 0 Å². The first-order valence-corrected chi connectivity index (χ1v) is 15.1. The zero-order chi connectivity index (χ0) is 35.1. The molecule has 0 unspecified atom stereocenters. The number of benzene rings is 2. The summed E-state index contributed by atoms with van der Waals surface area (Å²) in [5.41, 5.74) is -3.81. The highest BCUT2D eigenvalue weighted by molar-refractivity contribution is 5.92. The lowest BCUT2D eigenvalue weighted by atomic mass is 9.76. The van der Waals surface area contributed by atoms with E-state index in [0.717, 1.165) is 7.05 Å². The maximum Gasteiger partial charge on any atom is 0.416 e. The van der Waals surface area contributed by atoms with Crippen molar-refractivity contribution in [2.45, 2.75) is 69.4 Å². The van der Waals surface area contributed by atoms with Gasteiger partial charge in [-0.15, -0.1) is 0 Å². The number of likely N-dealkylation sites (tertiary alicyclic amines) is 1. The number of alkyl halides is 6. The van der Waals surface area contributed by atoms with Gasteiger partial charge in [0.05, 0.1) is 17.2 Å². The molecule has 2 aliphatic rings. The number of nitrogens with zero attached hydrogens (tertiary/aromatic N) is 4. The topological polar surface area (TPSA) is 84.4 Å². The first kappa shape index (κ1) is 35.8. The van der Waals surface area contributed by atoms with Gasteiger partial charge in [-0.25, -0.2) is 14.0 Å². The molecule has 2 aromatic carbocycles. The molecular formula is C32H37F7N4O4. The van der Waals surface area contributed by atoms with E-state index in [2.05, 4.69) is 0 Å². The Labute approximate surface area is 267 Å². The van der Waals surface area contributed by atoms with E-state index in [1.54, 1.807) is 11.8 Å². The number of carboxylic acid groups (broad SMARTS) is 1. The molecule has 4 rings (SSSR count). The van der Waals surface area contributed by atoms with Crippen molar-refractivity contribution in [3.63, 3.8) is 0 Å². The molecule has 0 spiro atoms. The second-order valence-corrected chi connectivity index (χ2v) is 12.5. The summed E-state index contributed by atoms with van der Waals surface area (Å²) in [6, 6.07) is 4.67. The minimum Gasteiger partial charge on any atom is -0.465 e. The van der Waals surface area contributed by atoms with Gasteiger partial charge < -0.3 is 19.8 Å². The van der Waals surface area contributed by atoms with E-state index in [-0.39, 0.29) is 25.1 Å². The van der Waals surface area contributed by atoms with Crippen LogP contribution in [0.5, 0.6) is 0 Å². The van der Waals surface area contributed by atoms with Crippen LogP contribution in [0.3, 0.4) is 0 Å². The van der Waals surface area contributed by atoms with Crippen LogP contribution < -0.4 is 4.90 Å². The van der Waals surface area contributed by atoms with Crippen LogP contribution in [0.1, 0.15) is 62.1 Å². The highest BCUT2D eigenvalue weighted by Crippen LogP contribution is 2.41. The van der Waals surface area contributed by atoms with Crippen LogP contribution in [0.15, 0.2) is 42.5 Å². The minimum absolute atomic E-state index is 0.0112. The SMILES string of the molecule is CCN(C(=O)O)C1(C)CCC(C(=O)N2C[C@@H](N(C)C(=O)N(C)c3cc(C(F)(F)F)cc(C(F)(F)F)c3)[C@H](c3ccc(F)cc3)C2)CC1. The summed E-state index contributed by atoms with van der Waals surface area (Å²) in [6.45, 7) is 4.03. The van der Waals surface area contributed by atoms with Gasteiger partial charge in [-0.05, 0) is 75.4 Å². The average Bonchev–Trinajstić information content (AvgIpc) is 3.45. The summed E-state index contributed by atoms with van der Waals surface area (Å²) in [5.74, 6) is -1.69. The third-order valence-corrected chi connectivity index (χ3v) is 9.56. The van der Waals surface area contributed by atoms with Gasteiger partial charge in [0.2, 0.25) is 5.91 Å². The van der Waals surface area contributed by atoms with Crippen LogP contribution in [-0.2, 0) is 17.1 Å². The lowest BCUT2D eigenvalue weighted by Crippen LogP contribution is -2.52. The zero-order valence-electron chi connectivity index (χ0n) is 26.3. The van der Waals surface area contributed by atoms with Gasteiger partial charge in [-0.1, -0.05) is 12.1 Å². The Kier molecular flexibility index (Phi) is 10.1. The molecule has 1 saturated heterocycles. The van der Waals surface area contributed by atoms with Gasteiger partial charge in [0.1, 0.15) is 5.82 Å². The van der Waals surface area contributed by atoms with Crippen molar-refractivity contribution in [3.05, 3.63) is 65.0 Å². The predicted molar refractivity (Wildman–Crippen MR) is 158 cm³/mol. The molecule has 1 aliphatic heterocycles. The van der Waals surface area contributed by atoms with E-state index < -0.39 is 70.5 Å². The number of urea groups is 1. The summed E-state index contributed by atoms with van der Waals surface area (Å²) in [4.78, 5) is 44.0. The van der Waals surface area contributed by atoms with Gasteiger partial charge in [-0.3, -0.25) is 9.69 Å². The Balaban J connectivity index is 1.59. The molecular weight excluding hydrogens is 637 g/mol. The lowest BCUT2D eigenvalue weighted by molar-refractivity contribution is -0.143. The van der Waals surface area contributed by atoms with E-state index in [1.807, 2.05) is 6.92 Å². The molecule has 1 N–H and O–H groups in total. The van der Waals surface area contributed by atoms with Gasteiger partial charge in [0.15, 0.2) is 0 Å². The van der Waals surface area contributed by atoms with Crippen molar-refractivity contribution in [3.8, 4) is 0 Å². The molecule has 1 saturated carbocycles. The first-order chi connectivity index (χ1) is 21.8. The standard InChI is InChI=1S/C32H37F7N4O4/c1-5-43(29(46)47)30(2)12-10-20(11-13-30)27(44)42-17-25(19-6-8-23(33)9-7-19)26(18-42)41(4)28(45)40(3)24-15-21(31(34,35)36)14-22(16-24)32(37,38)39/h6-9,14-16,20,25-26H,5,10-13,17-18H2,1-4H3,(H,46,47)/t20?,25-,26+,30?/m0/s1. The molecule has 47 heavy (non-hydrogen) atoms. The number of rotatable bonds is 6. The second kappa shape index (κ2) is 13.2. The quantitative estimate of drug-likeness (QED) is 0.326. The number of anilines is 1. The van der Waals surface area contributed by atoms with Crippen molar-refractivity contribution in [2.24, 2.45) is 5.92 Å². The van der Waals surface area contributed by atoms with Crippen molar-refractivity contribution in [2.75, 3.05) is 38.6 Å². The molecule has 8 nitrogen and oxygen atoms in total. The van der Waals surface area contributed by atoms with Crippen LogP contribution in [0.2, 0.25) is 0 Å². The van der Waals surface area contributed by atoms with Crippen LogP contribution in [0, 0.1) is 11.7 Å². The average molecular weight is 675 g/mol. The molecule has 0 aromatic heterocycles. The van der Waals surface area contributed by atoms with Crippen LogP contribution >= 0.6 is 0 Å². The molecule has 4 amide bonds. The van der Waals surface area contributed by atoms with Gasteiger partial charge in [0.25, 0.3) is 0 Å². The van der Waals surface area contributed by atoms with Crippen molar-refractivity contribution < 1.29 is 50.2 Å². The van der Waals surface area contributed by atoms with E-state index in [9.17, 15) is 50.2 Å². The Morgan fingerprint density at radius 3 is 1.91 bits per heavy atom. The largest absolute Gasteiger partial charge is 0.465 e.